The highest BCUT2D eigenvalue weighted by Crippen LogP contribution is 2.13. The van der Waals surface area contributed by atoms with E-state index < -0.39 is 22.1 Å². The molecule has 1 aromatic carbocycles. The van der Waals surface area contributed by atoms with Gasteiger partial charge in [-0.05, 0) is 43.3 Å². The lowest BCUT2D eigenvalue weighted by molar-refractivity contribution is 0.0435. The molecule has 23 heavy (non-hydrogen) atoms. The third-order valence-corrected chi connectivity index (χ3v) is 4.30. The zero-order valence-corrected chi connectivity index (χ0v) is 13.0. The van der Waals surface area contributed by atoms with Crippen LogP contribution in [0.2, 0.25) is 0 Å². The van der Waals surface area contributed by atoms with E-state index in [-0.39, 0.29) is 17.0 Å². The maximum Gasteiger partial charge on any atom is 0.339 e. The smallest absolute Gasteiger partial charge is 0.339 e. The zero-order valence-electron chi connectivity index (χ0n) is 12.2. The summed E-state index contributed by atoms with van der Waals surface area (Å²) in [6.07, 6.45) is 0.576. The third-order valence-electron chi connectivity index (χ3n) is 2.88. The number of carbonyl (C=O) groups is 1. The summed E-state index contributed by atoms with van der Waals surface area (Å²) in [5, 5.41) is 8.60. The van der Waals surface area contributed by atoms with Gasteiger partial charge in [-0.3, -0.25) is 0 Å². The Kier molecular flexibility index (Phi) is 5.16. The van der Waals surface area contributed by atoms with Crippen LogP contribution in [-0.2, 0) is 21.3 Å². The summed E-state index contributed by atoms with van der Waals surface area (Å²) in [7, 11) is -3.72. The van der Waals surface area contributed by atoms with E-state index in [9.17, 15) is 13.2 Å². The normalized spacial score (nSPS) is 12.3. The predicted octanol–water partition coefficient (Wildman–Crippen LogP) is 1.83. The molecule has 0 spiro atoms. The first kappa shape index (κ1) is 16.7. The van der Waals surface area contributed by atoms with Crippen LogP contribution in [0.25, 0.3) is 0 Å². The molecule has 7 nitrogen and oxygen atoms in total. The van der Waals surface area contributed by atoms with Crippen molar-refractivity contribution in [2.45, 2.75) is 24.5 Å². The number of esters is 1. The minimum Gasteiger partial charge on any atom is -0.468 e. The van der Waals surface area contributed by atoms with Gasteiger partial charge < -0.3 is 9.15 Å². The molecule has 0 fully saturated rings. The van der Waals surface area contributed by atoms with Gasteiger partial charge in [0.05, 0.1) is 23.3 Å². The number of nitrogens with zero attached hydrogens (tertiary/aromatic N) is 1. The van der Waals surface area contributed by atoms with Gasteiger partial charge in [-0.1, -0.05) is 0 Å². The molecule has 8 heteroatoms. The lowest BCUT2D eigenvalue weighted by Gasteiger charge is -2.08. The zero-order chi connectivity index (χ0) is 16.9. The van der Waals surface area contributed by atoms with Crippen molar-refractivity contribution >= 4 is 16.0 Å². The number of nitriles is 1. The molecule has 0 radical (unpaired) electrons. The Hall–Kier alpha value is -2.63. The summed E-state index contributed by atoms with van der Waals surface area (Å²) in [4.78, 5) is 11.7. The number of furan rings is 1. The second-order valence-electron chi connectivity index (χ2n) is 4.60. The molecule has 120 valence electrons. The molecule has 1 aromatic heterocycles. The number of ether oxygens (including phenoxy) is 1. The Labute approximate surface area is 133 Å². The first-order chi connectivity index (χ1) is 10.9. The third kappa shape index (κ3) is 4.42. The lowest BCUT2D eigenvalue weighted by Crippen LogP contribution is -2.23. The molecule has 0 aliphatic heterocycles. The predicted molar refractivity (Wildman–Crippen MR) is 79.7 cm³/mol. The average Bonchev–Trinajstić information content (AvgIpc) is 3.06. The molecule has 0 bridgehead atoms. The Morgan fingerprint density at radius 3 is 2.61 bits per heavy atom. The van der Waals surface area contributed by atoms with E-state index in [4.69, 9.17) is 14.4 Å². The van der Waals surface area contributed by atoms with Crippen molar-refractivity contribution in [1.29, 1.82) is 5.26 Å². The summed E-state index contributed by atoms with van der Waals surface area (Å²) >= 11 is 0. The van der Waals surface area contributed by atoms with Crippen LogP contribution in [0.4, 0.5) is 0 Å². The fourth-order valence-electron chi connectivity index (χ4n) is 1.69. The van der Waals surface area contributed by atoms with Gasteiger partial charge in [0.1, 0.15) is 11.8 Å². The molecule has 1 heterocycles. The minimum atomic E-state index is -3.72. The van der Waals surface area contributed by atoms with Gasteiger partial charge in [-0.15, -0.1) is 0 Å². The van der Waals surface area contributed by atoms with E-state index in [1.165, 1.54) is 37.5 Å². The van der Waals surface area contributed by atoms with Crippen LogP contribution in [0.15, 0.2) is 52.0 Å². The summed E-state index contributed by atoms with van der Waals surface area (Å²) in [5.41, 5.74) is 0.164. The second kappa shape index (κ2) is 7.09. The average molecular weight is 334 g/mol. The van der Waals surface area contributed by atoms with Gasteiger partial charge in [-0.25, -0.2) is 17.9 Å². The Morgan fingerprint density at radius 2 is 2.04 bits per heavy atom. The van der Waals surface area contributed by atoms with Crippen LogP contribution in [0.5, 0.6) is 0 Å². The van der Waals surface area contributed by atoms with Gasteiger partial charge in [0.25, 0.3) is 0 Å². The maximum absolute atomic E-state index is 12.1. The van der Waals surface area contributed by atoms with E-state index in [1.807, 2.05) is 0 Å². The second-order valence-corrected chi connectivity index (χ2v) is 6.37. The van der Waals surface area contributed by atoms with E-state index in [2.05, 4.69) is 4.72 Å². The molecule has 1 unspecified atom stereocenters. The molecular weight excluding hydrogens is 320 g/mol. The number of nitrogens with one attached hydrogen (secondary N) is 1. The van der Waals surface area contributed by atoms with Gasteiger partial charge >= 0.3 is 5.97 Å². The van der Waals surface area contributed by atoms with Gasteiger partial charge in [-0.2, -0.15) is 5.26 Å². The number of carbonyl (C=O) groups excluding carboxylic acids is 1. The molecule has 0 amide bonds. The Balaban J connectivity index is 2.06. The summed E-state index contributed by atoms with van der Waals surface area (Å²) in [5.74, 6) is -0.203. The van der Waals surface area contributed by atoms with Crippen LogP contribution in [0, 0.1) is 11.3 Å². The summed E-state index contributed by atoms with van der Waals surface area (Å²) in [6, 6.07) is 10.3. The highest BCUT2D eigenvalue weighted by atomic mass is 32.2. The van der Waals surface area contributed by atoms with Crippen molar-refractivity contribution in [2.75, 3.05) is 0 Å². The highest BCUT2D eigenvalue weighted by Gasteiger charge is 2.16. The van der Waals surface area contributed by atoms with Crippen LogP contribution >= 0.6 is 0 Å². The first-order valence-corrected chi connectivity index (χ1v) is 8.13. The Morgan fingerprint density at radius 1 is 1.35 bits per heavy atom. The van der Waals surface area contributed by atoms with Crippen LogP contribution in [0.3, 0.4) is 0 Å². The fourth-order valence-corrected chi connectivity index (χ4v) is 2.68. The van der Waals surface area contributed by atoms with Crippen molar-refractivity contribution in [3.8, 4) is 6.07 Å². The highest BCUT2D eigenvalue weighted by molar-refractivity contribution is 7.89. The van der Waals surface area contributed by atoms with Crippen LogP contribution in [0.1, 0.15) is 23.0 Å². The van der Waals surface area contributed by atoms with Gasteiger partial charge in [0.2, 0.25) is 10.0 Å². The first-order valence-electron chi connectivity index (χ1n) is 6.65. The number of sulfonamides is 1. The standard InChI is InChI=1S/C15H14N2O5S/c1-11(9-16)22-15(18)12-4-6-14(7-5-12)23(19,20)17-10-13-3-2-8-21-13/h2-8,11,17H,10H2,1H3. The molecule has 2 rings (SSSR count). The molecule has 1 atom stereocenters. The Bertz CT molecular complexity index is 805. The molecule has 0 aliphatic rings. The molecule has 0 saturated carbocycles. The summed E-state index contributed by atoms with van der Waals surface area (Å²) < 4.78 is 36.5. The topological polar surface area (TPSA) is 109 Å². The maximum atomic E-state index is 12.1. The molecule has 1 N–H and O–H groups in total. The van der Waals surface area contributed by atoms with E-state index >= 15 is 0 Å². The SMILES string of the molecule is CC(C#N)OC(=O)c1ccc(S(=O)(=O)NCc2ccco2)cc1. The van der Waals surface area contributed by atoms with E-state index in [0.29, 0.717) is 5.76 Å². The minimum absolute atomic E-state index is 0.00828. The van der Waals surface area contributed by atoms with Crippen molar-refractivity contribution in [1.82, 2.24) is 4.72 Å². The molecular formula is C15H14N2O5S. The van der Waals surface area contributed by atoms with Crippen molar-refractivity contribution in [3.05, 3.63) is 54.0 Å². The quantitative estimate of drug-likeness (QED) is 0.807. The van der Waals surface area contributed by atoms with Crippen LogP contribution in [-0.4, -0.2) is 20.5 Å². The molecule has 2 aromatic rings. The number of benzene rings is 1. The van der Waals surface area contributed by atoms with Gasteiger partial charge in [0, 0.05) is 0 Å². The number of rotatable bonds is 6. The number of hydrogen-bond donors (Lipinski definition) is 1. The van der Waals surface area contributed by atoms with Crippen LogP contribution < -0.4 is 4.72 Å². The van der Waals surface area contributed by atoms with E-state index in [0.717, 1.165) is 0 Å². The monoisotopic (exact) mass is 334 g/mol. The number of hydrogen-bond acceptors (Lipinski definition) is 6. The van der Waals surface area contributed by atoms with Crippen molar-refractivity contribution in [2.24, 2.45) is 0 Å². The molecule has 0 saturated heterocycles. The van der Waals surface area contributed by atoms with Gasteiger partial charge in [0.15, 0.2) is 6.10 Å². The fraction of sp³-hybridized carbons (Fsp3) is 0.200. The molecule has 0 aliphatic carbocycles. The van der Waals surface area contributed by atoms with E-state index in [1.54, 1.807) is 18.2 Å². The van der Waals surface area contributed by atoms with Crippen molar-refractivity contribution < 1.29 is 22.4 Å². The largest absolute Gasteiger partial charge is 0.468 e. The summed E-state index contributed by atoms with van der Waals surface area (Å²) in [6.45, 7) is 1.47. The lowest BCUT2D eigenvalue weighted by atomic mass is 10.2. The van der Waals surface area contributed by atoms with Crippen molar-refractivity contribution in [3.63, 3.8) is 0 Å².